The number of carbonyl (C=O) groups is 1. The van der Waals surface area contributed by atoms with Crippen LogP contribution in [0.4, 0.5) is 6.01 Å². The second kappa shape index (κ2) is 8.92. The van der Waals surface area contributed by atoms with Crippen LogP contribution in [0.3, 0.4) is 0 Å². The number of piperidine rings is 2. The Morgan fingerprint density at radius 2 is 2.00 bits per heavy atom. The van der Waals surface area contributed by atoms with Crippen LogP contribution in [0.1, 0.15) is 25.7 Å². The highest BCUT2D eigenvalue weighted by Crippen LogP contribution is 2.28. The van der Waals surface area contributed by atoms with Gasteiger partial charge in [0.2, 0.25) is 5.91 Å². The van der Waals surface area contributed by atoms with Gasteiger partial charge in [0, 0.05) is 38.8 Å². The van der Waals surface area contributed by atoms with Gasteiger partial charge in [-0.05, 0) is 51.4 Å². The molecule has 0 aliphatic carbocycles. The number of hydrogen-bond acceptors (Lipinski definition) is 6. The molecule has 0 saturated carbocycles. The van der Waals surface area contributed by atoms with Gasteiger partial charge in [-0.1, -0.05) is 12.1 Å². The van der Waals surface area contributed by atoms with Gasteiger partial charge < -0.3 is 20.0 Å². The third kappa shape index (κ3) is 4.31. The minimum Gasteiger partial charge on any atom is -0.423 e. The average Bonchev–Trinajstić information content (AvgIpc) is 3.18. The second-order valence-corrected chi connectivity index (χ2v) is 7.91. The zero-order valence-electron chi connectivity index (χ0n) is 16.7. The summed E-state index contributed by atoms with van der Waals surface area (Å²) in [5.74, 6) is 0.338. The second-order valence-electron chi connectivity index (χ2n) is 7.91. The van der Waals surface area contributed by atoms with Crippen LogP contribution in [-0.4, -0.2) is 68.1 Å². The molecular weight excluding hydrogens is 354 g/mol. The molecule has 2 fully saturated rings. The average molecular weight is 386 g/mol. The molecule has 0 spiro atoms. The Labute approximate surface area is 166 Å². The van der Waals surface area contributed by atoms with Gasteiger partial charge in [-0.3, -0.25) is 9.69 Å². The number of amides is 1. The van der Waals surface area contributed by atoms with Crippen molar-refractivity contribution in [2.24, 2.45) is 5.92 Å². The number of fused-ring (bicyclic) bond motifs is 1. The van der Waals surface area contributed by atoms with E-state index in [1.165, 1.54) is 0 Å². The molecule has 2 N–H and O–H groups in total. The number of rotatable bonds is 6. The Bertz CT molecular complexity index is 751. The Hall–Kier alpha value is -2.12. The van der Waals surface area contributed by atoms with Crippen LogP contribution in [0.15, 0.2) is 28.7 Å². The van der Waals surface area contributed by atoms with Crippen molar-refractivity contribution in [2.75, 3.05) is 51.2 Å². The molecule has 1 amide bonds. The summed E-state index contributed by atoms with van der Waals surface area (Å²) in [6.45, 7) is 5.41. The lowest BCUT2D eigenvalue weighted by Gasteiger charge is -2.41. The summed E-state index contributed by atoms with van der Waals surface area (Å²) in [4.78, 5) is 21.9. The van der Waals surface area contributed by atoms with Gasteiger partial charge in [0.1, 0.15) is 5.52 Å². The number of hydrogen-bond donors (Lipinski definition) is 2. The van der Waals surface area contributed by atoms with E-state index >= 15 is 0 Å². The monoisotopic (exact) mass is 385 g/mol. The SMILES string of the molecule is CNCCNC(=O)[C@H]1CCCN(C2CCN(c3nc4ccccc4o3)CC2)C1. The normalized spacial score (nSPS) is 21.9. The van der Waals surface area contributed by atoms with Gasteiger partial charge in [0.05, 0.1) is 5.92 Å². The van der Waals surface area contributed by atoms with Gasteiger partial charge >= 0.3 is 0 Å². The maximum atomic E-state index is 12.4. The summed E-state index contributed by atoms with van der Waals surface area (Å²) in [6.07, 6.45) is 4.29. The first-order chi connectivity index (χ1) is 13.7. The molecule has 0 unspecified atom stereocenters. The van der Waals surface area contributed by atoms with E-state index in [2.05, 4.69) is 25.4 Å². The predicted molar refractivity (Wildman–Crippen MR) is 110 cm³/mol. The molecule has 1 aromatic carbocycles. The van der Waals surface area contributed by atoms with E-state index in [-0.39, 0.29) is 11.8 Å². The lowest BCUT2D eigenvalue weighted by atomic mass is 9.93. The van der Waals surface area contributed by atoms with Crippen molar-refractivity contribution >= 4 is 23.0 Å². The van der Waals surface area contributed by atoms with E-state index in [0.717, 1.165) is 75.5 Å². The van der Waals surface area contributed by atoms with Crippen molar-refractivity contribution in [3.05, 3.63) is 24.3 Å². The smallest absolute Gasteiger partial charge is 0.298 e. The molecule has 3 heterocycles. The minimum absolute atomic E-state index is 0.126. The highest BCUT2D eigenvalue weighted by molar-refractivity contribution is 5.79. The zero-order valence-corrected chi connectivity index (χ0v) is 16.7. The molecule has 1 aromatic heterocycles. The molecule has 2 saturated heterocycles. The molecule has 152 valence electrons. The van der Waals surface area contributed by atoms with Gasteiger partial charge in [0.25, 0.3) is 6.01 Å². The number of benzene rings is 1. The Morgan fingerprint density at radius 1 is 1.18 bits per heavy atom. The molecule has 4 rings (SSSR count). The number of likely N-dealkylation sites (tertiary alicyclic amines) is 1. The number of oxazole rings is 1. The summed E-state index contributed by atoms with van der Waals surface area (Å²) in [5, 5.41) is 6.13. The topological polar surface area (TPSA) is 73.6 Å². The molecular formula is C21H31N5O2. The third-order valence-electron chi connectivity index (χ3n) is 6.03. The molecule has 7 heteroatoms. The Balaban J connectivity index is 1.30. The lowest BCUT2D eigenvalue weighted by Crippen LogP contribution is -2.51. The fourth-order valence-electron chi connectivity index (χ4n) is 4.42. The van der Waals surface area contributed by atoms with Gasteiger partial charge in [-0.2, -0.15) is 4.98 Å². The molecule has 0 radical (unpaired) electrons. The molecule has 28 heavy (non-hydrogen) atoms. The van der Waals surface area contributed by atoms with Crippen molar-refractivity contribution in [1.82, 2.24) is 20.5 Å². The number of para-hydroxylation sites is 2. The maximum absolute atomic E-state index is 12.4. The summed E-state index contributed by atoms with van der Waals surface area (Å²) in [7, 11) is 1.90. The standard InChI is InChI=1S/C21H31N5O2/c1-22-10-11-23-20(27)16-5-4-12-26(15-16)17-8-13-25(14-9-17)21-24-18-6-2-3-7-19(18)28-21/h2-3,6-7,16-17,22H,4-5,8-15H2,1H3,(H,23,27)/t16-/m0/s1. The fourth-order valence-corrected chi connectivity index (χ4v) is 4.42. The van der Waals surface area contributed by atoms with E-state index in [9.17, 15) is 4.79 Å². The first-order valence-electron chi connectivity index (χ1n) is 10.5. The number of carbonyl (C=O) groups excluding carboxylic acids is 1. The largest absolute Gasteiger partial charge is 0.423 e. The predicted octanol–water partition coefficient (Wildman–Crippen LogP) is 1.84. The van der Waals surface area contributed by atoms with Crippen molar-refractivity contribution in [1.29, 1.82) is 0 Å². The van der Waals surface area contributed by atoms with Crippen LogP contribution >= 0.6 is 0 Å². The Morgan fingerprint density at radius 3 is 2.79 bits per heavy atom. The van der Waals surface area contributed by atoms with E-state index in [0.29, 0.717) is 12.6 Å². The van der Waals surface area contributed by atoms with Crippen molar-refractivity contribution < 1.29 is 9.21 Å². The number of nitrogens with zero attached hydrogens (tertiary/aromatic N) is 3. The number of anilines is 1. The van der Waals surface area contributed by atoms with Crippen molar-refractivity contribution in [3.8, 4) is 0 Å². The van der Waals surface area contributed by atoms with Gasteiger partial charge in [-0.15, -0.1) is 0 Å². The van der Waals surface area contributed by atoms with E-state index in [1.807, 2.05) is 31.3 Å². The maximum Gasteiger partial charge on any atom is 0.298 e. The Kier molecular flexibility index (Phi) is 6.12. The minimum atomic E-state index is 0.126. The van der Waals surface area contributed by atoms with E-state index < -0.39 is 0 Å². The van der Waals surface area contributed by atoms with Crippen LogP contribution in [-0.2, 0) is 4.79 Å². The van der Waals surface area contributed by atoms with Crippen LogP contribution in [0.25, 0.3) is 11.1 Å². The highest BCUT2D eigenvalue weighted by atomic mass is 16.4. The number of likely N-dealkylation sites (N-methyl/N-ethyl adjacent to an activating group) is 1. The molecule has 7 nitrogen and oxygen atoms in total. The molecule has 2 aromatic rings. The quantitative estimate of drug-likeness (QED) is 0.740. The van der Waals surface area contributed by atoms with Crippen LogP contribution in [0.2, 0.25) is 0 Å². The van der Waals surface area contributed by atoms with E-state index in [1.54, 1.807) is 0 Å². The van der Waals surface area contributed by atoms with E-state index in [4.69, 9.17) is 4.42 Å². The fraction of sp³-hybridized carbons (Fsp3) is 0.619. The van der Waals surface area contributed by atoms with Gasteiger partial charge in [0.15, 0.2) is 5.58 Å². The molecule has 2 aliphatic rings. The summed E-state index contributed by atoms with van der Waals surface area (Å²) < 4.78 is 5.93. The number of aromatic nitrogens is 1. The first kappa shape index (κ1) is 19.2. The molecule has 0 bridgehead atoms. The van der Waals surface area contributed by atoms with Gasteiger partial charge in [-0.25, -0.2) is 0 Å². The molecule has 2 aliphatic heterocycles. The van der Waals surface area contributed by atoms with Crippen molar-refractivity contribution in [3.63, 3.8) is 0 Å². The first-order valence-corrected chi connectivity index (χ1v) is 10.5. The van der Waals surface area contributed by atoms with Crippen LogP contribution in [0, 0.1) is 5.92 Å². The van der Waals surface area contributed by atoms with Crippen molar-refractivity contribution in [2.45, 2.75) is 31.7 Å². The van der Waals surface area contributed by atoms with Crippen LogP contribution < -0.4 is 15.5 Å². The highest BCUT2D eigenvalue weighted by Gasteiger charge is 2.32. The summed E-state index contributed by atoms with van der Waals surface area (Å²) >= 11 is 0. The van der Waals surface area contributed by atoms with Crippen LogP contribution in [0.5, 0.6) is 0 Å². The molecule has 1 atom stereocenters. The summed E-state index contributed by atoms with van der Waals surface area (Å²) in [5.41, 5.74) is 1.77. The third-order valence-corrected chi connectivity index (χ3v) is 6.03. The number of nitrogens with one attached hydrogen (secondary N) is 2. The zero-order chi connectivity index (χ0) is 19.3. The lowest BCUT2D eigenvalue weighted by molar-refractivity contribution is -0.127. The summed E-state index contributed by atoms with van der Waals surface area (Å²) in [6, 6.07) is 9.21.